The van der Waals surface area contributed by atoms with Crippen LogP contribution in [0.15, 0.2) is 29.2 Å². The van der Waals surface area contributed by atoms with Crippen LogP contribution in [-0.2, 0) is 25.3 Å². The Morgan fingerprint density at radius 3 is 2.09 bits per heavy atom. The molecule has 1 fully saturated rings. The maximum absolute atomic E-state index is 12.8. The Kier molecular flexibility index (Phi) is 4.69. The minimum atomic E-state index is -3.69. The Balaban J connectivity index is 2.36. The van der Waals surface area contributed by atoms with Gasteiger partial charge in [0.15, 0.2) is 9.84 Å². The molecule has 0 unspecified atom stereocenters. The van der Waals surface area contributed by atoms with Crippen molar-refractivity contribution < 1.29 is 16.8 Å². The third-order valence-corrected chi connectivity index (χ3v) is 8.90. The first-order valence-electron chi connectivity index (χ1n) is 7.71. The summed E-state index contributed by atoms with van der Waals surface area (Å²) in [6.07, 6.45) is 0. The van der Waals surface area contributed by atoms with Gasteiger partial charge >= 0.3 is 0 Å². The van der Waals surface area contributed by atoms with E-state index in [1.807, 2.05) is 12.1 Å². The molecule has 0 aliphatic carbocycles. The average molecular weight is 360 g/mol. The van der Waals surface area contributed by atoms with Gasteiger partial charge in [-0.1, -0.05) is 32.9 Å². The highest BCUT2D eigenvalue weighted by molar-refractivity contribution is 7.92. The molecule has 0 spiro atoms. The molecule has 0 aromatic heterocycles. The van der Waals surface area contributed by atoms with Gasteiger partial charge in [0.1, 0.15) is 0 Å². The van der Waals surface area contributed by atoms with E-state index < -0.39 is 31.2 Å². The average Bonchev–Trinajstić information content (AvgIpc) is 2.44. The van der Waals surface area contributed by atoms with Gasteiger partial charge in [0.2, 0.25) is 10.0 Å². The number of hydrogen-bond acceptors (Lipinski definition) is 4. The number of rotatable bonds is 2. The van der Waals surface area contributed by atoms with Crippen LogP contribution in [-0.4, -0.2) is 44.7 Å². The Bertz CT molecular complexity index is 774. The summed E-state index contributed by atoms with van der Waals surface area (Å²) in [5.41, 5.74) is 1.00. The minimum Gasteiger partial charge on any atom is -0.228 e. The van der Waals surface area contributed by atoms with Crippen molar-refractivity contribution in [2.24, 2.45) is 0 Å². The van der Waals surface area contributed by atoms with Crippen LogP contribution in [0.2, 0.25) is 0 Å². The Morgan fingerprint density at radius 2 is 1.61 bits per heavy atom. The van der Waals surface area contributed by atoms with E-state index in [0.717, 1.165) is 5.56 Å². The normalized spacial score (nSPS) is 26.1. The second-order valence-electron chi connectivity index (χ2n) is 7.20. The fraction of sp³-hybridized carbons (Fsp3) is 0.625. The van der Waals surface area contributed by atoms with Gasteiger partial charge in [-0.25, -0.2) is 16.8 Å². The van der Waals surface area contributed by atoms with Crippen LogP contribution in [0.1, 0.15) is 40.2 Å². The molecule has 0 amide bonds. The first kappa shape index (κ1) is 18.4. The molecule has 0 bridgehead atoms. The summed E-state index contributed by atoms with van der Waals surface area (Å²) in [4.78, 5) is 0.212. The van der Waals surface area contributed by atoms with E-state index in [2.05, 4.69) is 20.8 Å². The van der Waals surface area contributed by atoms with Crippen LogP contribution in [0, 0.1) is 0 Å². The molecule has 1 aromatic carbocycles. The number of sulfonamides is 1. The topological polar surface area (TPSA) is 71.5 Å². The highest BCUT2D eigenvalue weighted by Crippen LogP contribution is 2.28. The first-order valence-corrected chi connectivity index (χ1v) is 10.9. The molecular formula is C16H25NO4S2. The Hall–Kier alpha value is -0.920. The van der Waals surface area contributed by atoms with Crippen molar-refractivity contribution in [2.45, 2.75) is 56.2 Å². The number of sulfone groups is 1. The molecule has 1 aliphatic heterocycles. The molecule has 0 N–H and O–H groups in total. The highest BCUT2D eigenvalue weighted by atomic mass is 32.2. The first-order chi connectivity index (χ1) is 10.4. The molecule has 5 nitrogen and oxygen atoms in total. The third kappa shape index (κ3) is 3.46. The van der Waals surface area contributed by atoms with E-state index in [9.17, 15) is 16.8 Å². The third-order valence-electron chi connectivity index (χ3n) is 4.62. The van der Waals surface area contributed by atoms with Crippen molar-refractivity contribution in [3.05, 3.63) is 29.8 Å². The van der Waals surface area contributed by atoms with Crippen LogP contribution in [0.3, 0.4) is 0 Å². The molecular weight excluding hydrogens is 334 g/mol. The van der Waals surface area contributed by atoms with Crippen molar-refractivity contribution in [3.63, 3.8) is 0 Å². The lowest BCUT2D eigenvalue weighted by Gasteiger charge is -2.36. The predicted molar refractivity (Wildman–Crippen MR) is 91.7 cm³/mol. The van der Waals surface area contributed by atoms with Gasteiger partial charge in [0, 0.05) is 12.6 Å². The predicted octanol–water partition coefficient (Wildman–Crippen LogP) is 2.18. The van der Waals surface area contributed by atoms with Gasteiger partial charge in [0.25, 0.3) is 0 Å². The number of nitrogens with zero attached hydrogens (tertiary/aromatic N) is 1. The molecule has 1 saturated heterocycles. The lowest BCUT2D eigenvalue weighted by atomic mass is 9.87. The van der Waals surface area contributed by atoms with Crippen LogP contribution in [0.5, 0.6) is 0 Å². The van der Waals surface area contributed by atoms with Crippen molar-refractivity contribution in [3.8, 4) is 0 Å². The smallest absolute Gasteiger partial charge is 0.228 e. The molecule has 2 atom stereocenters. The molecule has 1 aromatic rings. The second-order valence-corrected chi connectivity index (χ2v) is 11.6. The van der Waals surface area contributed by atoms with Crippen molar-refractivity contribution in [1.82, 2.24) is 4.31 Å². The molecule has 1 heterocycles. The zero-order valence-electron chi connectivity index (χ0n) is 14.3. The number of hydrogen-bond donors (Lipinski definition) is 0. The van der Waals surface area contributed by atoms with Gasteiger partial charge in [0.05, 0.1) is 15.9 Å². The fourth-order valence-corrected chi connectivity index (χ4v) is 6.21. The molecule has 7 heteroatoms. The Morgan fingerprint density at radius 1 is 1.09 bits per heavy atom. The van der Waals surface area contributed by atoms with Gasteiger partial charge in [-0.2, -0.15) is 4.31 Å². The summed E-state index contributed by atoms with van der Waals surface area (Å²) in [5.74, 6) is -0.127. The molecule has 0 saturated carbocycles. The van der Waals surface area contributed by atoms with Crippen molar-refractivity contribution >= 4 is 19.9 Å². The summed E-state index contributed by atoms with van der Waals surface area (Å²) in [6.45, 7) is 9.44. The number of benzene rings is 1. The fourth-order valence-electron chi connectivity index (χ4n) is 2.74. The van der Waals surface area contributed by atoms with Gasteiger partial charge < -0.3 is 0 Å². The van der Waals surface area contributed by atoms with E-state index in [1.54, 1.807) is 26.0 Å². The lowest BCUT2D eigenvalue weighted by molar-refractivity contribution is 0.327. The SMILES string of the molecule is C[C@H]1[C@H](C)S(=O)(=O)CCN1S(=O)(=O)c1ccc(C(C)(C)C)cc1. The summed E-state index contributed by atoms with van der Waals surface area (Å²) >= 11 is 0. The van der Waals surface area contributed by atoms with Gasteiger partial charge in [-0.15, -0.1) is 0 Å². The zero-order chi connectivity index (χ0) is 17.6. The standard InChI is InChI=1S/C16H25NO4S2/c1-12-13(2)22(18,19)11-10-17(12)23(20,21)15-8-6-14(7-9-15)16(3,4)5/h6-9,12-13H,10-11H2,1-5H3/t12-,13-/m0/s1. The van der Waals surface area contributed by atoms with E-state index >= 15 is 0 Å². The van der Waals surface area contributed by atoms with Gasteiger partial charge in [-0.3, -0.25) is 0 Å². The summed E-state index contributed by atoms with van der Waals surface area (Å²) in [7, 11) is -6.91. The van der Waals surface area contributed by atoms with E-state index in [4.69, 9.17) is 0 Å². The van der Waals surface area contributed by atoms with Crippen LogP contribution < -0.4 is 0 Å². The molecule has 130 valence electrons. The molecule has 1 aliphatic rings. The van der Waals surface area contributed by atoms with Crippen LogP contribution in [0.25, 0.3) is 0 Å². The van der Waals surface area contributed by atoms with Crippen molar-refractivity contribution in [2.75, 3.05) is 12.3 Å². The molecule has 2 rings (SSSR count). The van der Waals surface area contributed by atoms with Crippen LogP contribution in [0.4, 0.5) is 0 Å². The zero-order valence-corrected chi connectivity index (χ0v) is 15.9. The van der Waals surface area contributed by atoms with Crippen LogP contribution >= 0.6 is 0 Å². The second kappa shape index (κ2) is 5.86. The summed E-state index contributed by atoms with van der Waals surface area (Å²) in [6, 6.07) is 6.29. The maximum atomic E-state index is 12.8. The van der Waals surface area contributed by atoms with E-state index in [-0.39, 0.29) is 22.6 Å². The summed E-state index contributed by atoms with van der Waals surface area (Å²) < 4.78 is 50.9. The lowest BCUT2D eigenvalue weighted by Crippen LogP contribution is -2.54. The summed E-state index contributed by atoms with van der Waals surface area (Å²) in [5, 5.41) is -0.695. The quantitative estimate of drug-likeness (QED) is 0.811. The maximum Gasteiger partial charge on any atom is 0.243 e. The minimum absolute atomic E-state index is 0.0111. The Labute approximate surface area is 139 Å². The highest BCUT2D eigenvalue weighted by Gasteiger charge is 2.41. The monoisotopic (exact) mass is 359 g/mol. The largest absolute Gasteiger partial charge is 0.243 e. The molecule has 23 heavy (non-hydrogen) atoms. The van der Waals surface area contributed by atoms with Crippen molar-refractivity contribution in [1.29, 1.82) is 0 Å². The van der Waals surface area contributed by atoms with E-state index in [1.165, 1.54) is 4.31 Å². The molecule has 0 radical (unpaired) electrons. The van der Waals surface area contributed by atoms with Gasteiger partial charge in [-0.05, 0) is 37.0 Å². The van der Waals surface area contributed by atoms with E-state index in [0.29, 0.717) is 0 Å².